The van der Waals surface area contributed by atoms with Crippen molar-refractivity contribution < 1.29 is 19.5 Å². The third kappa shape index (κ3) is 4.40. The van der Waals surface area contributed by atoms with Gasteiger partial charge in [0.1, 0.15) is 5.69 Å². The molecular weight excluding hydrogens is 350 g/mol. The first kappa shape index (κ1) is 19.2. The highest BCUT2D eigenvalue weighted by Gasteiger charge is 2.33. The Labute approximate surface area is 158 Å². The Morgan fingerprint density at radius 1 is 1.22 bits per heavy atom. The zero-order valence-electron chi connectivity index (χ0n) is 15.8. The standard InChI is InChI=1S/C18H27N5O4/c1-11-9-15(21-20-11)16(24)22-7-8-23(12(2)10-22)18(27)19-14-5-3-13(4-6-14)17(25)26/h9,12-14H,3-8,10H2,1-2H3,(H,19,27)(H,20,21)(H,25,26)/t12-,13?,14?/m1/s1. The summed E-state index contributed by atoms with van der Waals surface area (Å²) < 4.78 is 0. The zero-order valence-corrected chi connectivity index (χ0v) is 15.8. The Morgan fingerprint density at radius 3 is 2.48 bits per heavy atom. The van der Waals surface area contributed by atoms with Gasteiger partial charge in [0.15, 0.2) is 0 Å². The Morgan fingerprint density at radius 2 is 1.93 bits per heavy atom. The fraction of sp³-hybridized carbons (Fsp3) is 0.667. The molecule has 9 nitrogen and oxygen atoms in total. The summed E-state index contributed by atoms with van der Waals surface area (Å²) in [7, 11) is 0. The lowest BCUT2D eigenvalue weighted by Gasteiger charge is -2.40. The number of carbonyl (C=O) groups excluding carboxylic acids is 2. The summed E-state index contributed by atoms with van der Waals surface area (Å²) in [5.74, 6) is -1.17. The van der Waals surface area contributed by atoms with Gasteiger partial charge in [0.25, 0.3) is 5.91 Å². The number of aromatic amines is 1. The highest BCUT2D eigenvalue weighted by molar-refractivity contribution is 5.92. The molecule has 1 aliphatic carbocycles. The van der Waals surface area contributed by atoms with Crippen LogP contribution < -0.4 is 5.32 Å². The molecule has 2 aliphatic rings. The number of aryl methyl sites for hydroxylation is 1. The van der Waals surface area contributed by atoms with Gasteiger partial charge in [0.2, 0.25) is 0 Å². The molecule has 9 heteroatoms. The number of carboxylic acid groups (broad SMARTS) is 1. The van der Waals surface area contributed by atoms with Gasteiger partial charge in [-0.05, 0) is 45.6 Å². The first-order valence-electron chi connectivity index (χ1n) is 9.46. The molecule has 1 atom stereocenters. The number of nitrogens with zero attached hydrogens (tertiary/aromatic N) is 3. The number of hydrogen-bond acceptors (Lipinski definition) is 4. The number of carbonyl (C=O) groups is 3. The van der Waals surface area contributed by atoms with E-state index >= 15 is 0 Å². The molecule has 0 bridgehead atoms. The SMILES string of the molecule is Cc1cc(C(=O)N2CCN(C(=O)NC3CCC(C(=O)O)CC3)[C@H](C)C2)n[nH]1. The number of aromatic nitrogens is 2. The molecule has 3 rings (SSSR count). The molecule has 1 aromatic heterocycles. The molecule has 1 saturated heterocycles. The van der Waals surface area contributed by atoms with Gasteiger partial charge in [0, 0.05) is 37.4 Å². The monoisotopic (exact) mass is 377 g/mol. The van der Waals surface area contributed by atoms with E-state index in [-0.39, 0.29) is 29.9 Å². The number of amides is 3. The van der Waals surface area contributed by atoms with Gasteiger partial charge < -0.3 is 20.2 Å². The molecule has 0 radical (unpaired) electrons. The summed E-state index contributed by atoms with van der Waals surface area (Å²) in [5, 5.41) is 18.9. The van der Waals surface area contributed by atoms with Gasteiger partial charge in [0.05, 0.1) is 5.92 Å². The van der Waals surface area contributed by atoms with Gasteiger partial charge in [-0.1, -0.05) is 0 Å². The third-order valence-corrected chi connectivity index (χ3v) is 5.50. The Bertz CT molecular complexity index is 710. The third-order valence-electron chi connectivity index (χ3n) is 5.50. The van der Waals surface area contributed by atoms with Crippen molar-refractivity contribution in [3.63, 3.8) is 0 Å². The molecule has 2 heterocycles. The van der Waals surface area contributed by atoms with Crippen LogP contribution in [-0.2, 0) is 4.79 Å². The summed E-state index contributed by atoms with van der Waals surface area (Å²) >= 11 is 0. The lowest BCUT2D eigenvalue weighted by molar-refractivity contribution is -0.142. The second kappa shape index (κ2) is 7.98. The van der Waals surface area contributed by atoms with Gasteiger partial charge in [-0.3, -0.25) is 14.7 Å². The fourth-order valence-corrected chi connectivity index (χ4v) is 3.88. The van der Waals surface area contributed by atoms with Crippen LogP contribution in [0, 0.1) is 12.8 Å². The second-order valence-electron chi connectivity index (χ2n) is 7.57. The smallest absolute Gasteiger partial charge is 0.317 e. The molecule has 0 unspecified atom stereocenters. The lowest BCUT2D eigenvalue weighted by atomic mass is 9.86. The highest BCUT2D eigenvalue weighted by atomic mass is 16.4. The first-order chi connectivity index (χ1) is 12.8. The average molecular weight is 377 g/mol. The minimum atomic E-state index is -0.749. The van der Waals surface area contributed by atoms with E-state index in [1.807, 2.05) is 13.8 Å². The van der Waals surface area contributed by atoms with Crippen LogP contribution in [0.5, 0.6) is 0 Å². The summed E-state index contributed by atoms with van der Waals surface area (Å²) in [6, 6.07) is 1.51. The topological polar surface area (TPSA) is 119 Å². The van der Waals surface area contributed by atoms with Crippen molar-refractivity contribution in [3.05, 3.63) is 17.5 Å². The average Bonchev–Trinajstić information content (AvgIpc) is 3.07. The van der Waals surface area contributed by atoms with Gasteiger partial charge in [-0.15, -0.1) is 0 Å². The van der Waals surface area contributed by atoms with Crippen molar-refractivity contribution in [3.8, 4) is 0 Å². The van der Waals surface area contributed by atoms with Crippen LogP contribution in [0.1, 0.15) is 48.8 Å². The highest BCUT2D eigenvalue weighted by Crippen LogP contribution is 2.25. The second-order valence-corrected chi connectivity index (χ2v) is 7.57. The van der Waals surface area contributed by atoms with E-state index in [1.165, 1.54) is 0 Å². The predicted octanol–water partition coefficient (Wildman–Crippen LogP) is 1.22. The summed E-state index contributed by atoms with van der Waals surface area (Å²) in [6.07, 6.45) is 2.57. The van der Waals surface area contributed by atoms with Crippen LogP contribution >= 0.6 is 0 Å². The summed E-state index contributed by atoms with van der Waals surface area (Å²) in [6.45, 7) is 5.17. The van der Waals surface area contributed by atoms with Crippen LogP contribution in [0.4, 0.5) is 4.79 Å². The maximum Gasteiger partial charge on any atom is 0.317 e. The number of piperazine rings is 1. The van der Waals surface area contributed by atoms with Crippen molar-refractivity contribution in [2.45, 2.75) is 51.6 Å². The molecule has 1 aromatic rings. The molecule has 1 aliphatic heterocycles. The quantitative estimate of drug-likeness (QED) is 0.732. The largest absolute Gasteiger partial charge is 0.481 e. The molecule has 0 aromatic carbocycles. The minimum absolute atomic E-state index is 0.0204. The molecule has 3 amide bonds. The minimum Gasteiger partial charge on any atom is -0.481 e. The van der Waals surface area contributed by atoms with Crippen molar-refractivity contribution in [1.29, 1.82) is 0 Å². The summed E-state index contributed by atoms with van der Waals surface area (Å²) in [5.41, 5.74) is 1.23. The van der Waals surface area contributed by atoms with Crippen molar-refractivity contribution >= 4 is 17.9 Å². The van der Waals surface area contributed by atoms with E-state index in [1.54, 1.807) is 15.9 Å². The lowest BCUT2D eigenvalue weighted by Crippen LogP contribution is -2.59. The molecule has 2 fully saturated rings. The van der Waals surface area contributed by atoms with E-state index < -0.39 is 5.97 Å². The summed E-state index contributed by atoms with van der Waals surface area (Å²) in [4.78, 5) is 39.6. The molecular formula is C18H27N5O4. The molecule has 1 saturated carbocycles. The van der Waals surface area contributed by atoms with E-state index in [2.05, 4.69) is 15.5 Å². The maximum absolute atomic E-state index is 12.6. The number of urea groups is 1. The maximum atomic E-state index is 12.6. The van der Waals surface area contributed by atoms with Crippen molar-refractivity contribution in [1.82, 2.24) is 25.3 Å². The Hall–Kier alpha value is -2.58. The number of aliphatic carboxylic acids is 1. The van der Waals surface area contributed by atoms with E-state index in [0.29, 0.717) is 51.0 Å². The molecule has 0 spiro atoms. The Balaban J connectivity index is 1.50. The molecule has 3 N–H and O–H groups in total. The molecule has 148 valence electrons. The number of H-pyrrole nitrogens is 1. The van der Waals surface area contributed by atoms with Crippen molar-refractivity contribution in [2.24, 2.45) is 5.92 Å². The van der Waals surface area contributed by atoms with E-state index in [4.69, 9.17) is 5.11 Å². The van der Waals surface area contributed by atoms with Crippen LogP contribution in [0.15, 0.2) is 6.07 Å². The Kier molecular flexibility index (Phi) is 5.67. The number of rotatable bonds is 3. The van der Waals surface area contributed by atoms with Gasteiger partial charge in [-0.2, -0.15) is 5.10 Å². The fourth-order valence-electron chi connectivity index (χ4n) is 3.88. The van der Waals surface area contributed by atoms with E-state index in [9.17, 15) is 14.4 Å². The first-order valence-corrected chi connectivity index (χ1v) is 9.46. The number of hydrogen-bond donors (Lipinski definition) is 3. The van der Waals surface area contributed by atoms with Gasteiger partial charge >= 0.3 is 12.0 Å². The van der Waals surface area contributed by atoms with Crippen LogP contribution in [0.2, 0.25) is 0 Å². The predicted molar refractivity (Wildman–Crippen MR) is 97.3 cm³/mol. The van der Waals surface area contributed by atoms with Crippen molar-refractivity contribution in [2.75, 3.05) is 19.6 Å². The zero-order chi connectivity index (χ0) is 19.6. The number of nitrogens with one attached hydrogen (secondary N) is 2. The number of carboxylic acids is 1. The van der Waals surface area contributed by atoms with Crippen LogP contribution in [0.25, 0.3) is 0 Å². The van der Waals surface area contributed by atoms with E-state index in [0.717, 1.165) is 5.69 Å². The normalized spacial score (nSPS) is 25.9. The van der Waals surface area contributed by atoms with Gasteiger partial charge in [-0.25, -0.2) is 4.79 Å². The molecule has 27 heavy (non-hydrogen) atoms. The van der Waals surface area contributed by atoms with Crippen LogP contribution in [0.3, 0.4) is 0 Å². The van der Waals surface area contributed by atoms with Crippen LogP contribution in [-0.4, -0.2) is 74.7 Å².